The van der Waals surface area contributed by atoms with E-state index in [0.717, 1.165) is 11.3 Å². The van der Waals surface area contributed by atoms with Gasteiger partial charge in [-0.1, -0.05) is 34.5 Å². The largest absolute Gasteiger partial charge is 0.399 e. The van der Waals surface area contributed by atoms with Crippen LogP contribution in [0.5, 0.6) is 0 Å². The van der Waals surface area contributed by atoms with E-state index in [4.69, 9.17) is 4.84 Å². The van der Waals surface area contributed by atoms with Crippen LogP contribution in [0.3, 0.4) is 0 Å². The molecule has 1 aliphatic carbocycles. The molecule has 1 aromatic rings. The van der Waals surface area contributed by atoms with Crippen molar-refractivity contribution in [2.75, 3.05) is 26.1 Å². The molecule has 0 radical (unpaired) electrons. The highest BCUT2D eigenvalue weighted by atomic mass is 16.6. The summed E-state index contributed by atoms with van der Waals surface area (Å²) in [5.41, 5.74) is 6.21. The van der Waals surface area contributed by atoms with Gasteiger partial charge in [0.05, 0.1) is 6.21 Å². The first kappa shape index (κ1) is 14.4. The van der Waals surface area contributed by atoms with Gasteiger partial charge in [-0.2, -0.15) is 0 Å². The average molecular weight is 270 g/mol. The number of oxime groups is 1. The fraction of sp³-hybridized carbons (Fsp3) is 0.353. The SMILES string of the molecule is CON=Cc1cc(N(C)C)ccc1C1C=C(C)C=C1C. The number of allylic oxidation sites excluding steroid dienone is 4. The Bertz CT molecular complexity index is 583. The highest BCUT2D eigenvalue weighted by Gasteiger charge is 2.19. The molecule has 3 nitrogen and oxygen atoms in total. The molecule has 0 aliphatic heterocycles. The molecule has 1 atom stereocenters. The molecule has 0 aromatic heterocycles. The molecule has 20 heavy (non-hydrogen) atoms. The average Bonchev–Trinajstić information content (AvgIpc) is 2.74. The first-order valence-electron chi connectivity index (χ1n) is 6.77. The van der Waals surface area contributed by atoms with Crippen molar-refractivity contribution in [1.29, 1.82) is 0 Å². The van der Waals surface area contributed by atoms with Crippen LogP contribution in [-0.4, -0.2) is 27.4 Å². The van der Waals surface area contributed by atoms with Crippen LogP contribution in [0.1, 0.15) is 30.9 Å². The summed E-state index contributed by atoms with van der Waals surface area (Å²) >= 11 is 0. The number of anilines is 1. The molecule has 0 heterocycles. The molecule has 0 spiro atoms. The van der Waals surface area contributed by atoms with Crippen LogP contribution in [-0.2, 0) is 4.84 Å². The normalized spacial score (nSPS) is 18.1. The Morgan fingerprint density at radius 2 is 2.00 bits per heavy atom. The van der Waals surface area contributed by atoms with Crippen LogP contribution in [0.4, 0.5) is 5.69 Å². The summed E-state index contributed by atoms with van der Waals surface area (Å²) in [6.07, 6.45) is 6.32. The lowest BCUT2D eigenvalue weighted by Gasteiger charge is -2.18. The zero-order chi connectivity index (χ0) is 14.7. The van der Waals surface area contributed by atoms with E-state index in [1.165, 1.54) is 16.7 Å². The second-order valence-corrected chi connectivity index (χ2v) is 5.40. The highest BCUT2D eigenvalue weighted by molar-refractivity contribution is 5.84. The Balaban J connectivity index is 2.47. The molecule has 0 N–H and O–H groups in total. The van der Waals surface area contributed by atoms with Gasteiger partial charge in [-0.25, -0.2) is 0 Å². The van der Waals surface area contributed by atoms with E-state index in [0.29, 0.717) is 5.92 Å². The number of hydrogen-bond donors (Lipinski definition) is 0. The second kappa shape index (κ2) is 5.95. The van der Waals surface area contributed by atoms with Crippen LogP contribution in [0.25, 0.3) is 0 Å². The van der Waals surface area contributed by atoms with Gasteiger partial charge in [-0.05, 0) is 31.5 Å². The molecule has 106 valence electrons. The van der Waals surface area contributed by atoms with E-state index >= 15 is 0 Å². The van der Waals surface area contributed by atoms with Crippen LogP contribution < -0.4 is 4.90 Å². The summed E-state index contributed by atoms with van der Waals surface area (Å²) in [5, 5.41) is 3.93. The van der Waals surface area contributed by atoms with Crippen LogP contribution in [0, 0.1) is 0 Å². The molecule has 0 amide bonds. The maximum atomic E-state index is 4.84. The van der Waals surface area contributed by atoms with Gasteiger partial charge in [0.15, 0.2) is 0 Å². The van der Waals surface area contributed by atoms with Gasteiger partial charge in [0.1, 0.15) is 7.11 Å². The molecule has 1 aliphatic rings. The molecule has 0 fully saturated rings. The Morgan fingerprint density at radius 1 is 1.25 bits per heavy atom. The van der Waals surface area contributed by atoms with E-state index in [1.807, 2.05) is 14.1 Å². The van der Waals surface area contributed by atoms with E-state index in [1.54, 1.807) is 13.3 Å². The summed E-state index contributed by atoms with van der Waals surface area (Å²) in [6, 6.07) is 6.48. The Hall–Kier alpha value is -2.03. The monoisotopic (exact) mass is 270 g/mol. The number of benzene rings is 1. The fourth-order valence-electron chi connectivity index (χ4n) is 2.57. The van der Waals surface area contributed by atoms with Gasteiger partial charge < -0.3 is 9.74 Å². The predicted molar refractivity (Wildman–Crippen MR) is 85.6 cm³/mol. The number of nitrogens with zero attached hydrogens (tertiary/aromatic N) is 2. The van der Waals surface area contributed by atoms with Crippen LogP contribution in [0.2, 0.25) is 0 Å². The lowest BCUT2D eigenvalue weighted by atomic mass is 9.90. The third-order valence-corrected chi connectivity index (χ3v) is 3.59. The Morgan fingerprint density at radius 3 is 2.55 bits per heavy atom. The summed E-state index contributed by atoms with van der Waals surface area (Å²) in [5.74, 6) is 0.338. The van der Waals surface area contributed by atoms with Gasteiger partial charge in [-0.3, -0.25) is 0 Å². The Labute approximate surface area is 121 Å². The topological polar surface area (TPSA) is 24.8 Å². The molecule has 2 rings (SSSR count). The smallest absolute Gasteiger partial charge is 0.106 e. The first-order chi connectivity index (χ1) is 9.52. The summed E-state index contributed by atoms with van der Waals surface area (Å²) in [4.78, 5) is 6.93. The molecule has 0 saturated heterocycles. The molecule has 0 bridgehead atoms. The predicted octanol–water partition coefficient (Wildman–Crippen LogP) is 3.72. The van der Waals surface area contributed by atoms with Gasteiger partial charge in [0, 0.05) is 31.3 Å². The Kier molecular flexibility index (Phi) is 4.28. The lowest BCUT2D eigenvalue weighted by molar-refractivity contribution is 0.215. The molecular weight excluding hydrogens is 248 g/mol. The van der Waals surface area contributed by atoms with Crippen molar-refractivity contribution in [2.45, 2.75) is 19.8 Å². The minimum Gasteiger partial charge on any atom is -0.399 e. The summed E-state index contributed by atoms with van der Waals surface area (Å²) < 4.78 is 0. The highest BCUT2D eigenvalue weighted by Crippen LogP contribution is 2.35. The van der Waals surface area contributed by atoms with E-state index < -0.39 is 0 Å². The number of hydrogen-bond acceptors (Lipinski definition) is 3. The van der Waals surface area contributed by atoms with E-state index in [2.05, 4.69) is 54.3 Å². The standard InChI is InChI=1S/C17H22N2O/c1-12-8-13(2)17(9-12)16-7-6-15(19(3)4)10-14(16)11-18-20-5/h6-11,17H,1-5H3. The zero-order valence-electron chi connectivity index (χ0n) is 12.8. The third-order valence-electron chi connectivity index (χ3n) is 3.59. The molecule has 0 saturated carbocycles. The van der Waals surface area contributed by atoms with Crippen molar-refractivity contribution in [3.63, 3.8) is 0 Å². The van der Waals surface area contributed by atoms with E-state index in [-0.39, 0.29) is 0 Å². The lowest BCUT2D eigenvalue weighted by Crippen LogP contribution is -2.10. The van der Waals surface area contributed by atoms with E-state index in [9.17, 15) is 0 Å². The molecule has 3 heteroatoms. The zero-order valence-corrected chi connectivity index (χ0v) is 12.8. The van der Waals surface area contributed by atoms with Crippen molar-refractivity contribution in [3.8, 4) is 0 Å². The number of rotatable bonds is 4. The van der Waals surface area contributed by atoms with Crippen molar-refractivity contribution < 1.29 is 4.84 Å². The van der Waals surface area contributed by atoms with Crippen molar-refractivity contribution >= 4 is 11.9 Å². The van der Waals surface area contributed by atoms with Crippen molar-refractivity contribution in [2.24, 2.45) is 5.16 Å². The fourth-order valence-corrected chi connectivity index (χ4v) is 2.57. The van der Waals surface area contributed by atoms with Crippen molar-refractivity contribution in [3.05, 3.63) is 52.6 Å². The maximum Gasteiger partial charge on any atom is 0.106 e. The molecule has 1 aromatic carbocycles. The summed E-state index contributed by atoms with van der Waals surface area (Å²) in [7, 11) is 5.64. The van der Waals surface area contributed by atoms with Gasteiger partial charge in [0.2, 0.25) is 0 Å². The maximum absolute atomic E-state index is 4.84. The molecule has 1 unspecified atom stereocenters. The van der Waals surface area contributed by atoms with Gasteiger partial charge in [0.25, 0.3) is 0 Å². The van der Waals surface area contributed by atoms with Gasteiger partial charge >= 0.3 is 0 Å². The first-order valence-corrected chi connectivity index (χ1v) is 6.77. The van der Waals surface area contributed by atoms with Crippen LogP contribution >= 0.6 is 0 Å². The molecular formula is C17H22N2O. The van der Waals surface area contributed by atoms with Gasteiger partial charge in [-0.15, -0.1) is 0 Å². The van der Waals surface area contributed by atoms with Crippen LogP contribution in [0.15, 0.2) is 46.7 Å². The third kappa shape index (κ3) is 2.93. The van der Waals surface area contributed by atoms with Crippen molar-refractivity contribution in [1.82, 2.24) is 0 Å². The summed E-state index contributed by atoms with van der Waals surface area (Å²) in [6.45, 7) is 4.31. The quantitative estimate of drug-likeness (QED) is 0.615. The minimum atomic E-state index is 0.338. The second-order valence-electron chi connectivity index (χ2n) is 5.40. The minimum absolute atomic E-state index is 0.338.